The van der Waals surface area contributed by atoms with Crippen molar-refractivity contribution >= 4 is 27.8 Å². The lowest BCUT2D eigenvalue weighted by Crippen LogP contribution is -2.29. The van der Waals surface area contributed by atoms with Crippen LogP contribution >= 0.6 is 0 Å². The molecule has 0 saturated carbocycles. The van der Waals surface area contributed by atoms with Gasteiger partial charge in [0.1, 0.15) is 11.4 Å². The number of amides is 1. The highest BCUT2D eigenvalue weighted by Gasteiger charge is 2.23. The van der Waals surface area contributed by atoms with E-state index < -0.39 is 0 Å². The highest BCUT2D eigenvalue weighted by atomic mass is 19.1. The number of fused-ring (bicyclic) bond motifs is 2. The SMILES string of the molecule is CCOc1ccc(C(CNC(=O)c2oc3ccc(F)cc3c2C)c2c[nH]c3ccccc23)cc1OC. The Labute approximate surface area is 208 Å². The molecule has 0 spiro atoms. The number of halogens is 1. The van der Waals surface area contributed by atoms with Gasteiger partial charge in [-0.1, -0.05) is 24.3 Å². The Hall–Kier alpha value is -4.26. The molecule has 1 unspecified atom stereocenters. The second-order valence-corrected chi connectivity index (χ2v) is 8.59. The molecule has 0 radical (unpaired) electrons. The number of rotatable bonds is 8. The molecule has 1 amide bonds. The maximum atomic E-state index is 13.7. The second kappa shape index (κ2) is 9.77. The Bertz CT molecular complexity index is 1550. The Morgan fingerprint density at radius 2 is 1.92 bits per heavy atom. The van der Waals surface area contributed by atoms with Crippen molar-refractivity contribution in [2.24, 2.45) is 0 Å². The molecular weight excluding hydrogens is 459 g/mol. The number of carbonyl (C=O) groups excluding carboxylic acids is 1. The van der Waals surface area contributed by atoms with Crippen LogP contribution in [-0.4, -0.2) is 31.2 Å². The van der Waals surface area contributed by atoms with Gasteiger partial charge in [-0.3, -0.25) is 4.79 Å². The average molecular weight is 487 g/mol. The van der Waals surface area contributed by atoms with Crippen LogP contribution in [0.15, 0.2) is 71.3 Å². The molecule has 0 bridgehead atoms. The highest BCUT2D eigenvalue weighted by molar-refractivity contribution is 5.99. The average Bonchev–Trinajstić information content (AvgIpc) is 3.46. The lowest BCUT2D eigenvalue weighted by Gasteiger charge is -2.20. The molecule has 0 aliphatic heterocycles. The number of furan rings is 1. The fourth-order valence-electron chi connectivity index (χ4n) is 4.65. The summed E-state index contributed by atoms with van der Waals surface area (Å²) in [7, 11) is 1.61. The van der Waals surface area contributed by atoms with Gasteiger partial charge < -0.3 is 24.2 Å². The Morgan fingerprint density at radius 1 is 1.08 bits per heavy atom. The molecule has 0 saturated heterocycles. The molecule has 184 valence electrons. The van der Waals surface area contributed by atoms with Crippen molar-refractivity contribution in [3.05, 3.63) is 95.1 Å². The van der Waals surface area contributed by atoms with Crippen molar-refractivity contribution in [2.45, 2.75) is 19.8 Å². The summed E-state index contributed by atoms with van der Waals surface area (Å²) in [6.07, 6.45) is 1.97. The van der Waals surface area contributed by atoms with Gasteiger partial charge in [0.15, 0.2) is 17.3 Å². The molecule has 0 aliphatic rings. The van der Waals surface area contributed by atoms with Crippen molar-refractivity contribution < 1.29 is 23.1 Å². The summed E-state index contributed by atoms with van der Waals surface area (Å²) in [5.41, 5.74) is 4.10. The molecule has 3 aromatic carbocycles. The largest absolute Gasteiger partial charge is 0.493 e. The van der Waals surface area contributed by atoms with Crippen LogP contribution in [0.2, 0.25) is 0 Å². The Balaban J connectivity index is 1.50. The van der Waals surface area contributed by atoms with Crippen molar-refractivity contribution in [3.63, 3.8) is 0 Å². The van der Waals surface area contributed by atoms with Crippen molar-refractivity contribution in [2.75, 3.05) is 20.3 Å². The topological polar surface area (TPSA) is 76.5 Å². The fourth-order valence-corrected chi connectivity index (χ4v) is 4.65. The van der Waals surface area contributed by atoms with Gasteiger partial charge in [-0.2, -0.15) is 0 Å². The zero-order valence-electron chi connectivity index (χ0n) is 20.4. The highest BCUT2D eigenvalue weighted by Crippen LogP contribution is 2.36. The van der Waals surface area contributed by atoms with E-state index in [-0.39, 0.29) is 23.4 Å². The van der Waals surface area contributed by atoms with E-state index in [0.29, 0.717) is 41.2 Å². The minimum atomic E-state index is -0.373. The zero-order valence-corrected chi connectivity index (χ0v) is 20.4. The van der Waals surface area contributed by atoms with E-state index in [0.717, 1.165) is 22.0 Å². The van der Waals surface area contributed by atoms with Crippen LogP contribution in [0, 0.1) is 12.7 Å². The molecule has 5 aromatic rings. The lowest BCUT2D eigenvalue weighted by molar-refractivity contribution is 0.0926. The predicted molar refractivity (Wildman–Crippen MR) is 138 cm³/mol. The Kier molecular flexibility index (Phi) is 6.38. The van der Waals surface area contributed by atoms with Crippen molar-refractivity contribution in [1.29, 1.82) is 0 Å². The van der Waals surface area contributed by atoms with E-state index in [1.807, 2.05) is 49.5 Å². The van der Waals surface area contributed by atoms with Gasteiger partial charge in [-0.25, -0.2) is 4.39 Å². The van der Waals surface area contributed by atoms with Crippen LogP contribution in [0.4, 0.5) is 4.39 Å². The van der Waals surface area contributed by atoms with E-state index in [1.54, 1.807) is 14.0 Å². The number of carbonyl (C=O) groups is 1. The summed E-state index contributed by atoms with van der Waals surface area (Å²) in [5.74, 6) is 0.555. The van der Waals surface area contributed by atoms with Gasteiger partial charge in [0, 0.05) is 40.5 Å². The molecule has 2 N–H and O–H groups in total. The first-order chi connectivity index (χ1) is 17.5. The molecule has 5 rings (SSSR count). The molecule has 7 heteroatoms. The Morgan fingerprint density at radius 3 is 2.72 bits per heavy atom. The van der Waals surface area contributed by atoms with Gasteiger partial charge in [-0.05, 0) is 61.4 Å². The van der Waals surface area contributed by atoms with Gasteiger partial charge in [-0.15, -0.1) is 0 Å². The molecular formula is C29H27FN2O4. The number of hydrogen-bond acceptors (Lipinski definition) is 4. The van der Waals surface area contributed by atoms with Gasteiger partial charge in [0.05, 0.1) is 13.7 Å². The summed E-state index contributed by atoms with van der Waals surface area (Å²) in [6, 6.07) is 18.1. The first-order valence-electron chi connectivity index (χ1n) is 11.8. The summed E-state index contributed by atoms with van der Waals surface area (Å²) in [4.78, 5) is 16.5. The van der Waals surface area contributed by atoms with Crippen molar-refractivity contribution in [1.82, 2.24) is 10.3 Å². The second-order valence-electron chi connectivity index (χ2n) is 8.59. The maximum absolute atomic E-state index is 13.7. The van der Waals surface area contributed by atoms with Crippen LogP contribution in [0.3, 0.4) is 0 Å². The minimum Gasteiger partial charge on any atom is -0.493 e. The van der Waals surface area contributed by atoms with E-state index in [1.165, 1.54) is 18.2 Å². The third-order valence-corrected chi connectivity index (χ3v) is 6.46. The monoisotopic (exact) mass is 486 g/mol. The van der Waals surface area contributed by atoms with Gasteiger partial charge in [0.2, 0.25) is 0 Å². The normalized spacial score (nSPS) is 12.1. The van der Waals surface area contributed by atoms with Crippen LogP contribution < -0.4 is 14.8 Å². The molecule has 0 aliphatic carbocycles. The number of nitrogens with one attached hydrogen (secondary N) is 2. The summed E-state index contributed by atoms with van der Waals surface area (Å²) >= 11 is 0. The first kappa shape index (κ1) is 23.5. The number of H-pyrrole nitrogens is 1. The predicted octanol–water partition coefficient (Wildman–Crippen LogP) is 6.33. The van der Waals surface area contributed by atoms with Crippen LogP contribution in [0.1, 0.15) is 40.1 Å². The first-order valence-corrected chi connectivity index (χ1v) is 11.8. The van der Waals surface area contributed by atoms with Crippen LogP contribution in [0.5, 0.6) is 11.5 Å². The number of aromatic nitrogens is 1. The third-order valence-electron chi connectivity index (χ3n) is 6.46. The number of hydrogen-bond donors (Lipinski definition) is 2. The van der Waals surface area contributed by atoms with Crippen molar-refractivity contribution in [3.8, 4) is 11.5 Å². The summed E-state index contributed by atoms with van der Waals surface area (Å²) < 4.78 is 30.8. The third kappa shape index (κ3) is 4.28. The number of ether oxygens (including phenoxy) is 2. The number of para-hydroxylation sites is 1. The smallest absolute Gasteiger partial charge is 0.287 e. The number of benzene rings is 3. The molecule has 36 heavy (non-hydrogen) atoms. The molecule has 2 aromatic heterocycles. The fraction of sp³-hybridized carbons (Fsp3) is 0.207. The molecule has 6 nitrogen and oxygen atoms in total. The number of aromatic amines is 1. The lowest BCUT2D eigenvalue weighted by atomic mass is 9.90. The standard InChI is InChI=1S/C29H27FN2O4/c1-4-35-26-11-9-18(13-27(26)34-3)22(23-16-31-24-8-6-5-7-20(23)24)15-32-29(33)28-17(2)21-14-19(30)10-12-25(21)36-28/h5-14,16,22,31H,4,15H2,1-3H3,(H,32,33). The van der Waals surface area contributed by atoms with E-state index >= 15 is 0 Å². The van der Waals surface area contributed by atoms with E-state index in [2.05, 4.69) is 16.4 Å². The number of aryl methyl sites for hydroxylation is 1. The maximum Gasteiger partial charge on any atom is 0.287 e. The molecule has 1 atom stereocenters. The minimum absolute atomic E-state index is 0.178. The summed E-state index contributed by atoms with van der Waals surface area (Å²) in [5, 5.41) is 4.69. The van der Waals surface area contributed by atoms with E-state index in [4.69, 9.17) is 13.9 Å². The summed E-state index contributed by atoms with van der Waals surface area (Å²) in [6.45, 7) is 4.52. The van der Waals surface area contributed by atoms with Crippen LogP contribution in [-0.2, 0) is 0 Å². The van der Waals surface area contributed by atoms with E-state index in [9.17, 15) is 9.18 Å². The molecule has 2 heterocycles. The quantitative estimate of drug-likeness (QED) is 0.269. The van der Waals surface area contributed by atoms with Gasteiger partial charge in [0.25, 0.3) is 5.91 Å². The molecule has 0 fully saturated rings. The zero-order chi connectivity index (χ0) is 25.2. The van der Waals surface area contributed by atoms with Crippen LogP contribution in [0.25, 0.3) is 21.9 Å². The number of methoxy groups -OCH3 is 1. The van der Waals surface area contributed by atoms with Gasteiger partial charge >= 0.3 is 0 Å².